The van der Waals surface area contributed by atoms with Crippen LogP contribution in [0.25, 0.3) is 0 Å². The molecule has 53 valence electrons. The van der Waals surface area contributed by atoms with Crippen molar-refractivity contribution in [1.29, 1.82) is 0 Å². The molecule has 4 heteroatoms. The fourth-order valence-electron chi connectivity index (χ4n) is 0.266. The van der Waals surface area contributed by atoms with Crippen LogP contribution in [-0.2, 0) is 4.84 Å². The van der Waals surface area contributed by atoms with Gasteiger partial charge in [-0.3, -0.25) is 4.90 Å². The summed E-state index contributed by atoms with van der Waals surface area (Å²) in [5.74, 6) is 0. The molecule has 0 saturated carbocycles. The molecule has 0 aromatic heterocycles. The molecular weight excluding hydrogens is 120 g/mol. The summed E-state index contributed by atoms with van der Waals surface area (Å²) in [5.41, 5.74) is 0. The van der Waals surface area contributed by atoms with Gasteiger partial charge in [-0.15, -0.1) is 0 Å². The Hall–Kier alpha value is -0.770. The number of nitrogens with one attached hydrogen (secondary N) is 1. The smallest absolute Gasteiger partial charge is 0.253 e. The van der Waals surface area contributed by atoms with Gasteiger partial charge in [0.25, 0.3) is 0 Å². The Morgan fingerprint density at radius 1 is 1.44 bits per heavy atom. The Balaban J connectivity index is 3.51. The summed E-state index contributed by atoms with van der Waals surface area (Å²) in [6.45, 7) is 0. The normalized spacial score (nSPS) is 9.44. The molecule has 0 aromatic rings. The van der Waals surface area contributed by atoms with E-state index in [0.717, 1.165) is 0 Å². The molecule has 0 aliphatic carbocycles. The molecule has 0 rings (SSSR count). The maximum absolute atomic E-state index is 10.6. The van der Waals surface area contributed by atoms with Gasteiger partial charge < -0.3 is 0 Å². The fourth-order valence-corrected chi connectivity index (χ4v) is 0.266. The molecular formula is C5H13N2O2+2. The summed E-state index contributed by atoms with van der Waals surface area (Å²) in [7, 11) is 6.76. The number of nitrogens with zero attached hydrogens (tertiary/aromatic N) is 1. The third-order valence-corrected chi connectivity index (χ3v) is 0.657. The van der Waals surface area contributed by atoms with E-state index in [9.17, 15) is 4.79 Å². The van der Waals surface area contributed by atoms with E-state index in [4.69, 9.17) is 4.84 Å². The summed E-state index contributed by atoms with van der Waals surface area (Å²) in [5, 5.41) is 0.661. The molecule has 0 saturated heterocycles. The molecule has 0 unspecified atom stereocenters. The van der Waals surface area contributed by atoms with Crippen molar-refractivity contribution in [2.45, 2.75) is 0 Å². The largest absolute Gasteiger partial charge is 0.745 e. The van der Waals surface area contributed by atoms with E-state index in [1.54, 1.807) is 28.2 Å². The van der Waals surface area contributed by atoms with Crippen LogP contribution >= 0.6 is 0 Å². The first-order chi connectivity index (χ1) is 4.04. The van der Waals surface area contributed by atoms with Crippen LogP contribution in [0.3, 0.4) is 0 Å². The highest BCUT2D eigenvalue weighted by atomic mass is 16.7. The van der Waals surface area contributed by atoms with Crippen LogP contribution in [0.5, 0.6) is 0 Å². The average Bonchev–Trinajstić information content (AvgIpc) is 1.63. The number of hydroxylamine groups is 2. The van der Waals surface area contributed by atoms with Gasteiger partial charge >= 0.3 is 6.09 Å². The molecule has 0 fully saturated rings. The summed E-state index contributed by atoms with van der Waals surface area (Å²) in [4.78, 5) is 16.7. The van der Waals surface area contributed by atoms with Gasteiger partial charge in [-0.25, -0.2) is 0 Å². The van der Waals surface area contributed by atoms with Crippen LogP contribution in [0, 0.1) is 0 Å². The number of quaternary nitrogens is 1. The fraction of sp³-hybridized carbons (Fsp3) is 0.800. The molecule has 0 aliphatic heterocycles. The topological polar surface area (TPSA) is 36.8 Å². The second kappa shape index (κ2) is 3.29. The minimum Gasteiger partial charge on any atom is -0.253 e. The van der Waals surface area contributed by atoms with Crippen LogP contribution in [0.15, 0.2) is 0 Å². The zero-order valence-electron chi connectivity index (χ0n) is 6.26. The maximum Gasteiger partial charge on any atom is 0.745 e. The van der Waals surface area contributed by atoms with E-state index in [2.05, 4.69) is 0 Å². The van der Waals surface area contributed by atoms with Gasteiger partial charge in [-0.05, 0) is 0 Å². The lowest BCUT2D eigenvalue weighted by Crippen LogP contribution is -3.05. The van der Waals surface area contributed by atoms with Crippen LogP contribution < -0.4 is 5.06 Å². The minimum absolute atomic E-state index is 0.324. The summed E-state index contributed by atoms with van der Waals surface area (Å²) in [6, 6.07) is 0. The maximum atomic E-state index is 10.6. The number of hydrogen-bond donors (Lipinski definition) is 1. The van der Waals surface area contributed by atoms with Crippen molar-refractivity contribution in [3.05, 3.63) is 0 Å². The molecule has 0 aromatic carbocycles. The van der Waals surface area contributed by atoms with Crippen LogP contribution in [0.4, 0.5) is 4.79 Å². The van der Waals surface area contributed by atoms with E-state index in [1.807, 2.05) is 0 Å². The number of carbonyl (C=O) groups is 1. The van der Waals surface area contributed by atoms with Crippen molar-refractivity contribution in [3.8, 4) is 0 Å². The van der Waals surface area contributed by atoms with Crippen LogP contribution in [0.2, 0.25) is 0 Å². The standard InChI is InChI=1S/C5H12N2O2/c1-6(2)5(8)9-7(3)4/h1-4H3/q+1/p+1. The first-order valence-electron chi connectivity index (χ1n) is 2.73. The summed E-state index contributed by atoms with van der Waals surface area (Å²) < 4.78 is 0. The molecule has 0 spiro atoms. The quantitative estimate of drug-likeness (QED) is 0.358. The van der Waals surface area contributed by atoms with Gasteiger partial charge in [0, 0.05) is 14.1 Å². The van der Waals surface area contributed by atoms with Crippen molar-refractivity contribution in [3.63, 3.8) is 0 Å². The number of amides is 1. The third-order valence-electron chi connectivity index (χ3n) is 0.657. The number of carbonyl (C=O) groups excluding carboxylic acids is 1. The molecule has 0 aliphatic rings. The van der Waals surface area contributed by atoms with Gasteiger partial charge in [0.05, 0.1) is 4.79 Å². The molecule has 0 bridgehead atoms. The average molecular weight is 133 g/mol. The molecule has 0 atom stereocenters. The summed E-state index contributed by atoms with van der Waals surface area (Å²) >= 11 is 0. The lowest BCUT2D eigenvalue weighted by molar-refractivity contribution is -1.04. The first kappa shape index (κ1) is 8.23. The second-order valence-corrected chi connectivity index (χ2v) is 2.17. The second-order valence-electron chi connectivity index (χ2n) is 2.17. The molecule has 0 heterocycles. The highest BCUT2D eigenvalue weighted by Gasteiger charge is 2.25. The zero-order valence-corrected chi connectivity index (χ0v) is 6.26. The van der Waals surface area contributed by atoms with Gasteiger partial charge in [-0.2, -0.15) is 0 Å². The van der Waals surface area contributed by atoms with Crippen molar-refractivity contribution in [1.82, 2.24) is 4.90 Å². The highest BCUT2D eigenvalue weighted by molar-refractivity contribution is 5.65. The van der Waals surface area contributed by atoms with E-state index >= 15 is 0 Å². The van der Waals surface area contributed by atoms with Gasteiger partial charge in [0.15, 0.2) is 0 Å². The molecule has 9 heavy (non-hydrogen) atoms. The molecule has 1 radical (unpaired) electrons. The molecule has 4 nitrogen and oxygen atoms in total. The van der Waals surface area contributed by atoms with Crippen molar-refractivity contribution in [2.75, 3.05) is 28.2 Å². The lowest BCUT2D eigenvalue weighted by Gasteiger charge is -1.98. The van der Waals surface area contributed by atoms with E-state index in [1.165, 1.54) is 4.90 Å². The summed E-state index contributed by atoms with van der Waals surface area (Å²) in [6.07, 6.45) is -0.324. The van der Waals surface area contributed by atoms with Crippen LogP contribution in [0.1, 0.15) is 0 Å². The zero-order chi connectivity index (χ0) is 7.44. The van der Waals surface area contributed by atoms with E-state index < -0.39 is 0 Å². The van der Waals surface area contributed by atoms with E-state index in [0.29, 0.717) is 5.06 Å². The Labute approximate surface area is 54.9 Å². The van der Waals surface area contributed by atoms with Crippen LogP contribution in [-0.4, -0.2) is 39.2 Å². The first-order valence-corrected chi connectivity index (χ1v) is 2.73. The Kier molecular flexibility index (Phi) is 3.01. The van der Waals surface area contributed by atoms with Gasteiger partial charge in [0.1, 0.15) is 14.1 Å². The lowest BCUT2D eigenvalue weighted by atomic mass is 10.9. The van der Waals surface area contributed by atoms with Crippen molar-refractivity contribution >= 4 is 6.09 Å². The SMILES string of the molecule is CN(C)C(=[O+])O[NH+](C)C. The highest BCUT2D eigenvalue weighted by Crippen LogP contribution is 1.76. The number of hydrogen-bond acceptors (Lipinski definition) is 2. The predicted molar refractivity (Wildman–Crippen MR) is 33.0 cm³/mol. The molecule has 1 N–H and O–H groups in total. The minimum atomic E-state index is -0.324. The van der Waals surface area contributed by atoms with E-state index in [-0.39, 0.29) is 6.09 Å². The number of rotatable bonds is 1. The van der Waals surface area contributed by atoms with Crippen molar-refractivity contribution < 1.29 is 14.7 Å². The third kappa shape index (κ3) is 3.78. The Morgan fingerprint density at radius 3 is 2.00 bits per heavy atom. The van der Waals surface area contributed by atoms with Gasteiger partial charge in [-0.1, -0.05) is 9.90 Å². The molecule has 1 amide bonds. The Bertz CT molecular complexity index is 101. The monoisotopic (exact) mass is 133 g/mol. The van der Waals surface area contributed by atoms with Crippen molar-refractivity contribution in [2.24, 2.45) is 0 Å². The Morgan fingerprint density at radius 2 is 1.89 bits per heavy atom. The van der Waals surface area contributed by atoms with Gasteiger partial charge in [0.2, 0.25) is 0 Å². The predicted octanol–water partition coefficient (Wildman–Crippen LogP) is -1.26.